The van der Waals surface area contributed by atoms with E-state index in [-0.39, 0.29) is 30.0 Å². The summed E-state index contributed by atoms with van der Waals surface area (Å²) < 4.78 is 18.3. The summed E-state index contributed by atoms with van der Waals surface area (Å²) in [6.07, 6.45) is 1.41. The van der Waals surface area contributed by atoms with E-state index in [0.29, 0.717) is 49.7 Å². The Morgan fingerprint density at radius 2 is 1.82 bits per heavy atom. The third-order valence-electron chi connectivity index (χ3n) is 7.97. The molecule has 5 N–H and O–H groups in total. The van der Waals surface area contributed by atoms with Gasteiger partial charge in [0.2, 0.25) is 0 Å². The number of aliphatic hydroxyl groups excluding tert-OH is 2. The molecule has 3 aliphatic heterocycles. The van der Waals surface area contributed by atoms with Gasteiger partial charge in [0.25, 0.3) is 5.91 Å². The molecule has 0 bridgehead atoms. The number of nitrogen functional groups attached to an aromatic ring is 1. The predicted molar refractivity (Wildman–Crippen MR) is 135 cm³/mol. The number of anilines is 1. The van der Waals surface area contributed by atoms with Gasteiger partial charge in [-0.2, -0.15) is 0 Å². The molecule has 2 aromatic heterocycles. The van der Waals surface area contributed by atoms with Crippen molar-refractivity contribution in [1.82, 2.24) is 29.7 Å². The molecular weight excluding hydrogens is 510 g/mol. The van der Waals surface area contributed by atoms with Gasteiger partial charge in [-0.3, -0.25) is 9.36 Å². The second-order valence-electron chi connectivity index (χ2n) is 10.9. The summed E-state index contributed by atoms with van der Waals surface area (Å²) in [6, 6.07) is 0.0955. The van der Waals surface area contributed by atoms with Crippen LogP contribution >= 0.6 is 0 Å². The fraction of sp³-hybridized carbons (Fsp3) is 0.720. The lowest BCUT2D eigenvalue weighted by atomic mass is 9.93. The standard InChI is InChI=1S/C25H35N7O7/c26-21-17-22(32(12-27-17)24-19(34)18(33)20(39-24)23(35)28-14-1-2-14)30-16(29-21)11-13-3-7-31(8-4-13)25(36)38-15-5-9-37-10-6-15/h12-15,18-20,24,33-34H,1-11H2,(H,28,35)(H2,26,29,30)/t18?,19?,20-,24+/m0/s1. The molecule has 0 radical (unpaired) electrons. The number of amides is 2. The molecule has 39 heavy (non-hydrogen) atoms. The van der Waals surface area contributed by atoms with Gasteiger partial charge in [0, 0.05) is 38.4 Å². The minimum Gasteiger partial charge on any atom is -0.446 e. The van der Waals surface area contributed by atoms with E-state index in [9.17, 15) is 19.8 Å². The number of nitrogens with one attached hydrogen (secondary N) is 1. The largest absolute Gasteiger partial charge is 0.446 e. The van der Waals surface area contributed by atoms with Crippen LogP contribution in [0, 0.1) is 5.92 Å². The van der Waals surface area contributed by atoms with Gasteiger partial charge in [-0.05, 0) is 31.6 Å². The number of rotatable bonds is 6. The molecular formula is C25H35N7O7. The van der Waals surface area contributed by atoms with Gasteiger partial charge in [-0.1, -0.05) is 0 Å². The molecule has 14 heteroatoms. The van der Waals surface area contributed by atoms with Crippen molar-refractivity contribution in [3.05, 3.63) is 12.2 Å². The Morgan fingerprint density at radius 3 is 2.54 bits per heavy atom. The van der Waals surface area contributed by atoms with Crippen LogP contribution in [0.2, 0.25) is 0 Å². The van der Waals surface area contributed by atoms with E-state index in [1.807, 2.05) is 0 Å². The number of aromatic nitrogens is 4. The summed E-state index contributed by atoms with van der Waals surface area (Å²) >= 11 is 0. The van der Waals surface area contributed by atoms with Crippen molar-refractivity contribution >= 4 is 29.0 Å². The zero-order valence-electron chi connectivity index (χ0n) is 21.6. The van der Waals surface area contributed by atoms with Crippen molar-refractivity contribution in [2.45, 2.75) is 81.6 Å². The lowest BCUT2D eigenvalue weighted by Crippen LogP contribution is -2.43. The Morgan fingerprint density at radius 1 is 1.08 bits per heavy atom. The fourth-order valence-electron chi connectivity index (χ4n) is 5.47. The number of hydrogen-bond donors (Lipinski definition) is 4. The van der Waals surface area contributed by atoms with Crippen LogP contribution in [0.3, 0.4) is 0 Å². The van der Waals surface area contributed by atoms with E-state index in [1.165, 1.54) is 10.9 Å². The van der Waals surface area contributed by atoms with Crippen molar-refractivity contribution in [2.75, 3.05) is 32.0 Å². The molecule has 3 saturated heterocycles. The highest BCUT2D eigenvalue weighted by Crippen LogP contribution is 2.33. The summed E-state index contributed by atoms with van der Waals surface area (Å²) in [5.74, 6) is 0.508. The van der Waals surface area contributed by atoms with Gasteiger partial charge < -0.3 is 40.4 Å². The molecule has 2 amide bonds. The second-order valence-corrected chi connectivity index (χ2v) is 10.9. The van der Waals surface area contributed by atoms with Crippen molar-refractivity contribution in [3.63, 3.8) is 0 Å². The van der Waals surface area contributed by atoms with Crippen molar-refractivity contribution < 1.29 is 34.0 Å². The van der Waals surface area contributed by atoms with E-state index in [1.54, 1.807) is 4.90 Å². The molecule has 212 valence electrons. The molecule has 4 atom stereocenters. The molecule has 2 unspecified atom stereocenters. The highest BCUT2D eigenvalue weighted by atomic mass is 16.6. The lowest BCUT2D eigenvalue weighted by Gasteiger charge is -2.33. The highest BCUT2D eigenvalue weighted by Gasteiger charge is 2.48. The van der Waals surface area contributed by atoms with Gasteiger partial charge >= 0.3 is 6.09 Å². The molecule has 14 nitrogen and oxygen atoms in total. The number of likely N-dealkylation sites (tertiary alicyclic amines) is 1. The fourth-order valence-corrected chi connectivity index (χ4v) is 5.47. The summed E-state index contributed by atoms with van der Waals surface area (Å²) in [7, 11) is 0. The number of aliphatic hydroxyl groups is 2. The number of carbonyl (C=O) groups excluding carboxylic acids is 2. The van der Waals surface area contributed by atoms with E-state index in [2.05, 4.69) is 20.3 Å². The number of carbonyl (C=O) groups is 2. The molecule has 5 heterocycles. The van der Waals surface area contributed by atoms with Gasteiger partial charge in [0.05, 0.1) is 19.5 Å². The van der Waals surface area contributed by atoms with Crippen LogP contribution in [0.1, 0.15) is 50.6 Å². The zero-order valence-corrected chi connectivity index (χ0v) is 21.6. The molecule has 2 aromatic rings. The average molecular weight is 546 g/mol. The number of piperidine rings is 1. The van der Waals surface area contributed by atoms with Crippen molar-refractivity contribution in [3.8, 4) is 0 Å². The second kappa shape index (κ2) is 10.8. The first-order chi connectivity index (χ1) is 18.9. The minimum atomic E-state index is -1.40. The normalized spacial score (nSPS) is 28.6. The van der Waals surface area contributed by atoms with Gasteiger partial charge in [-0.15, -0.1) is 0 Å². The Bertz CT molecular complexity index is 1210. The van der Waals surface area contributed by atoms with Crippen molar-refractivity contribution in [2.24, 2.45) is 5.92 Å². The maximum Gasteiger partial charge on any atom is 0.410 e. The SMILES string of the molecule is Nc1nc(CC2CCN(C(=O)OC3CCOCC3)CC2)nc2c1ncn2[C@@H]1O[C@H](C(=O)NC2CC2)C(O)C1O. The number of imidazole rings is 1. The number of fused-ring (bicyclic) bond motifs is 1. The first kappa shape index (κ1) is 26.2. The molecule has 4 aliphatic rings. The molecule has 6 rings (SSSR count). The maximum absolute atomic E-state index is 12.6. The number of nitrogens with zero attached hydrogens (tertiary/aromatic N) is 5. The first-order valence-corrected chi connectivity index (χ1v) is 13.7. The maximum atomic E-state index is 12.6. The lowest BCUT2D eigenvalue weighted by molar-refractivity contribution is -0.137. The van der Waals surface area contributed by atoms with Gasteiger partial charge in [0.1, 0.15) is 29.7 Å². The monoisotopic (exact) mass is 545 g/mol. The van der Waals surface area contributed by atoms with E-state index >= 15 is 0 Å². The van der Waals surface area contributed by atoms with Crippen LogP contribution in [-0.4, -0.2) is 103 Å². The summed E-state index contributed by atoms with van der Waals surface area (Å²) in [5.41, 5.74) is 6.91. The first-order valence-electron chi connectivity index (χ1n) is 13.7. The Kier molecular flexibility index (Phi) is 7.27. The van der Waals surface area contributed by atoms with Crippen LogP contribution in [0.15, 0.2) is 6.33 Å². The van der Waals surface area contributed by atoms with Gasteiger partial charge in [-0.25, -0.2) is 19.7 Å². The van der Waals surface area contributed by atoms with E-state index < -0.39 is 30.4 Å². The molecule has 1 aliphatic carbocycles. The topological polar surface area (TPSA) is 187 Å². The van der Waals surface area contributed by atoms with E-state index in [4.69, 9.17) is 19.9 Å². The van der Waals surface area contributed by atoms with Gasteiger partial charge in [0.15, 0.2) is 23.8 Å². The van der Waals surface area contributed by atoms with Crippen LogP contribution in [0.5, 0.6) is 0 Å². The quantitative estimate of drug-likeness (QED) is 0.379. The van der Waals surface area contributed by atoms with Crippen LogP contribution < -0.4 is 11.1 Å². The molecule has 0 aromatic carbocycles. The third-order valence-corrected chi connectivity index (χ3v) is 7.97. The third kappa shape index (κ3) is 5.51. The minimum absolute atomic E-state index is 0.0803. The summed E-state index contributed by atoms with van der Waals surface area (Å²) in [5, 5.41) is 24.0. The predicted octanol–water partition coefficient (Wildman–Crippen LogP) is -0.124. The number of nitrogens with two attached hydrogens (primary N) is 1. The van der Waals surface area contributed by atoms with Crippen LogP contribution in [0.4, 0.5) is 10.6 Å². The Balaban J connectivity index is 1.10. The van der Waals surface area contributed by atoms with Crippen molar-refractivity contribution in [1.29, 1.82) is 0 Å². The highest BCUT2D eigenvalue weighted by molar-refractivity contribution is 5.83. The smallest absolute Gasteiger partial charge is 0.410 e. The van der Waals surface area contributed by atoms with Crippen LogP contribution in [-0.2, 0) is 25.4 Å². The summed E-state index contributed by atoms with van der Waals surface area (Å²) in [4.78, 5) is 40.2. The van der Waals surface area contributed by atoms with E-state index in [0.717, 1.165) is 38.5 Å². The Labute approximate surface area is 224 Å². The average Bonchev–Trinajstić information content (AvgIpc) is 3.57. The molecule has 4 fully saturated rings. The number of hydrogen-bond acceptors (Lipinski definition) is 11. The summed E-state index contributed by atoms with van der Waals surface area (Å²) in [6.45, 7) is 2.42. The van der Waals surface area contributed by atoms with Crippen LogP contribution in [0.25, 0.3) is 11.2 Å². The molecule has 0 spiro atoms. The Hall–Kier alpha value is -3.07. The zero-order chi connectivity index (χ0) is 27.1. The molecule has 1 saturated carbocycles. The number of ether oxygens (including phenoxy) is 3.